The van der Waals surface area contributed by atoms with E-state index in [2.05, 4.69) is 26.9 Å². The summed E-state index contributed by atoms with van der Waals surface area (Å²) in [6, 6.07) is 0. The molecule has 2 rings (SSSR count). The van der Waals surface area contributed by atoms with E-state index in [9.17, 15) is 0 Å². The maximum Gasteiger partial charge on any atom is 0.0536 e. The van der Waals surface area contributed by atoms with Gasteiger partial charge in [-0.3, -0.25) is 0 Å². The van der Waals surface area contributed by atoms with E-state index in [0.29, 0.717) is 0 Å². The highest BCUT2D eigenvalue weighted by Crippen LogP contribution is 2.53. The molecule has 4 unspecified atom stereocenters. The van der Waals surface area contributed by atoms with Crippen LogP contribution in [-0.2, 0) is 0 Å². The summed E-state index contributed by atoms with van der Waals surface area (Å²) < 4.78 is 0. The van der Waals surface area contributed by atoms with Crippen molar-refractivity contribution in [1.29, 1.82) is 0 Å². The van der Waals surface area contributed by atoms with Gasteiger partial charge in [0.25, 0.3) is 0 Å². The molecule has 0 heterocycles. The minimum Gasteiger partial charge on any atom is -0.0689 e. The molecule has 0 nitrogen and oxygen atoms in total. The lowest BCUT2D eigenvalue weighted by Crippen LogP contribution is -2.36. The lowest BCUT2D eigenvalue weighted by atomic mass is 10.0. The molecule has 124 valence electrons. The summed E-state index contributed by atoms with van der Waals surface area (Å²) in [7, 11) is -0.999. The van der Waals surface area contributed by atoms with Crippen LogP contribution in [-0.4, -0.2) is 8.07 Å². The highest BCUT2D eigenvalue weighted by Gasteiger charge is 2.44. The minimum absolute atomic E-state index is 0.999. The third-order valence-corrected chi connectivity index (χ3v) is 12.4. The highest BCUT2D eigenvalue weighted by atomic mass is 28.3. The zero-order valence-electron chi connectivity index (χ0n) is 15.3. The SMILES string of the molecule is CCCCC1CCC([Si](C)(C)C2CCC(CCCC)C2)C1. The van der Waals surface area contributed by atoms with Crippen LogP contribution in [0, 0.1) is 11.8 Å². The first-order chi connectivity index (χ1) is 10.1. The molecule has 0 aromatic carbocycles. The molecule has 0 aromatic heterocycles. The monoisotopic (exact) mass is 308 g/mol. The summed E-state index contributed by atoms with van der Waals surface area (Å²) in [5.41, 5.74) is 2.32. The van der Waals surface area contributed by atoms with Gasteiger partial charge >= 0.3 is 0 Å². The van der Waals surface area contributed by atoms with Crippen LogP contribution >= 0.6 is 0 Å². The summed E-state index contributed by atoms with van der Waals surface area (Å²) in [6.07, 6.45) is 18.3. The fraction of sp³-hybridized carbons (Fsp3) is 1.00. The van der Waals surface area contributed by atoms with E-state index < -0.39 is 8.07 Å². The molecular weight excluding hydrogens is 268 g/mol. The van der Waals surface area contributed by atoms with Gasteiger partial charge in [0, 0.05) is 0 Å². The lowest BCUT2D eigenvalue weighted by molar-refractivity contribution is 0.475. The molecule has 0 amide bonds. The van der Waals surface area contributed by atoms with Gasteiger partial charge in [0.05, 0.1) is 8.07 Å². The molecule has 0 spiro atoms. The maximum absolute atomic E-state index is 2.76. The van der Waals surface area contributed by atoms with Gasteiger partial charge in [-0.25, -0.2) is 0 Å². The van der Waals surface area contributed by atoms with Gasteiger partial charge in [0.2, 0.25) is 0 Å². The molecule has 2 fully saturated rings. The second-order valence-electron chi connectivity index (χ2n) is 8.86. The Balaban J connectivity index is 1.82. The van der Waals surface area contributed by atoms with E-state index in [0.717, 1.165) is 22.9 Å². The van der Waals surface area contributed by atoms with E-state index in [1.165, 1.54) is 38.5 Å². The Bertz CT molecular complexity index is 268. The summed E-state index contributed by atoms with van der Waals surface area (Å²) >= 11 is 0. The van der Waals surface area contributed by atoms with E-state index in [-0.39, 0.29) is 0 Å². The first kappa shape index (κ1) is 17.6. The minimum atomic E-state index is -0.999. The molecule has 0 N–H and O–H groups in total. The summed E-state index contributed by atoms with van der Waals surface area (Å²) in [4.78, 5) is 0. The van der Waals surface area contributed by atoms with E-state index in [1.54, 1.807) is 38.5 Å². The van der Waals surface area contributed by atoms with Crippen molar-refractivity contribution in [2.24, 2.45) is 11.8 Å². The lowest BCUT2D eigenvalue weighted by Gasteiger charge is -2.36. The predicted octanol–water partition coefficient (Wildman–Crippen LogP) is 7.42. The second kappa shape index (κ2) is 8.18. The Morgan fingerprint density at radius 1 is 0.714 bits per heavy atom. The van der Waals surface area contributed by atoms with Crippen molar-refractivity contribution < 1.29 is 0 Å². The van der Waals surface area contributed by atoms with Crippen LogP contribution < -0.4 is 0 Å². The molecule has 1 heteroatoms. The van der Waals surface area contributed by atoms with Crippen LogP contribution in [0.2, 0.25) is 24.2 Å². The normalized spacial score (nSPS) is 33.7. The van der Waals surface area contributed by atoms with Crippen molar-refractivity contribution >= 4 is 8.07 Å². The van der Waals surface area contributed by atoms with Crippen molar-refractivity contribution in [2.45, 2.75) is 115 Å². The zero-order chi connectivity index (χ0) is 15.3. The standard InChI is InChI=1S/C20H40Si/c1-5-7-9-17-11-13-19(15-17)21(3,4)20-14-12-18(16-20)10-8-6-2/h17-20H,5-16H2,1-4H3. The Labute approximate surface area is 135 Å². The average molecular weight is 309 g/mol. The summed E-state index contributed by atoms with van der Waals surface area (Å²) in [5.74, 6) is 2.19. The Morgan fingerprint density at radius 3 is 1.52 bits per heavy atom. The van der Waals surface area contributed by atoms with Gasteiger partial charge in [-0.2, -0.15) is 0 Å². The van der Waals surface area contributed by atoms with Gasteiger partial charge in [-0.05, 0) is 35.8 Å². The van der Waals surface area contributed by atoms with Crippen molar-refractivity contribution in [3.8, 4) is 0 Å². The van der Waals surface area contributed by atoms with Gasteiger partial charge in [0.15, 0.2) is 0 Å². The topological polar surface area (TPSA) is 0 Å². The fourth-order valence-electron chi connectivity index (χ4n) is 5.34. The van der Waals surface area contributed by atoms with Gasteiger partial charge in [-0.1, -0.05) is 91.1 Å². The van der Waals surface area contributed by atoms with Crippen LogP contribution in [0.1, 0.15) is 90.9 Å². The molecule has 4 atom stereocenters. The average Bonchev–Trinajstić information content (AvgIpc) is 3.12. The number of rotatable bonds is 8. The second-order valence-corrected chi connectivity index (χ2v) is 14.1. The molecule has 2 aliphatic rings. The fourth-order valence-corrected chi connectivity index (χ4v) is 9.71. The maximum atomic E-state index is 2.76. The predicted molar refractivity (Wildman–Crippen MR) is 98.7 cm³/mol. The quantitative estimate of drug-likeness (QED) is 0.409. The molecular formula is C20H40Si. The largest absolute Gasteiger partial charge is 0.0689 e. The molecule has 0 saturated heterocycles. The van der Waals surface area contributed by atoms with Gasteiger partial charge < -0.3 is 0 Å². The Kier molecular flexibility index (Phi) is 6.84. The van der Waals surface area contributed by atoms with Crippen molar-refractivity contribution in [1.82, 2.24) is 0 Å². The smallest absolute Gasteiger partial charge is 0.0536 e. The van der Waals surface area contributed by atoms with Crippen LogP contribution in [0.15, 0.2) is 0 Å². The third-order valence-electron chi connectivity index (χ3n) is 7.12. The molecule has 21 heavy (non-hydrogen) atoms. The third kappa shape index (κ3) is 4.59. The summed E-state index contributed by atoms with van der Waals surface area (Å²) in [6.45, 7) is 10.2. The molecule has 0 aromatic rings. The molecule has 0 aliphatic heterocycles. The number of unbranched alkanes of at least 4 members (excludes halogenated alkanes) is 2. The van der Waals surface area contributed by atoms with Crippen LogP contribution in [0.25, 0.3) is 0 Å². The molecule has 2 aliphatic carbocycles. The first-order valence-electron chi connectivity index (χ1n) is 10.1. The number of hydrogen-bond acceptors (Lipinski definition) is 0. The number of hydrogen-bond donors (Lipinski definition) is 0. The van der Waals surface area contributed by atoms with Crippen molar-refractivity contribution in [2.75, 3.05) is 0 Å². The van der Waals surface area contributed by atoms with E-state index in [4.69, 9.17) is 0 Å². The zero-order valence-corrected chi connectivity index (χ0v) is 16.3. The van der Waals surface area contributed by atoms with Crippen molar-refractivity contribution in [3.05, 3.63) is 0 Å². The van der Waals surface area contributed by atoms with Crippen LogP contribution in [0.4, 0.5) is 0 Å². The molecule has 0 radical (unpaired) electrons. The van der Waals surface area contributed by atoms with Gasteiger partial charge in [0.1, 0.15) is 0 Å². The van der Waals surface area contributed by atoms with Crippen LogP contribution in [0.5, 0.6) is 0 Å². The van der Waals surface area contributed by atoms with E-state index in [1.807, 2.05) is 0 Å². The van der Waals surface area contributed by atoms with E-state index >= 15 is 0 Å². The van der Waals surface area contributed by atoms with Crippen LogP contribution in [0.3, 0.4) is 0 Å². The Hall–Kier alpha value is 0.217. The highest BCUT2D eigenvalue weighted by molar-refractivity contribution is 6.80. The van der Waals surface area contributed by atoms with Gasteiger partial charge in [-0.15, -0.1) is 0 Å². The summed E-state index contributed by atoms with van der Waals surface area (Å²) in [5, 5.41) is 0. The molecule has 2 saturated carbocycles. The Morgan fingerprint density at radius 2 is 1.14 bits per heavy atom. The first-order valence-corrected chi connectivity index (χ1v) is 13.2. The molecule has 0 bridgehead atoms. The van der Waals surface area contributed by atoms with Crippen molar-refractivity contribution in [3.63, 3.8) is 0 Å².